The lowest BCUT2D eigenvalue weighted by atomic mass is 10.3. The molecule has 7 heavy (non-hydrogen) atoms. The van der Waals surface area contributed by atoms with E-state index in [-0.39, 0.29) is 0 Å². The summed E-state index contributed by atoms with van der Waals surface area (Å²) < 4.78 is 0. The molecule has 0 saturated carbocycles. The van der Waals surface area contributed by atoms with E-state index in [0.717, 1.165) is 6.54 Å². The maximum absolute atomic E-state index is 5.26. The Morgan fingerprint density at radius 1 is 1.43 bits per heavy atom. The van der Waals surface area contributed by atoms with Crippen LogP contribution in [0.3, 0.4) is 0 Å². The van der Waals surface area contributed by atoms with Crippen molar-refractivity contribution in [3.8, 4) is 0 Å². The molecule has 0 unspecified atom stereocenters. The third-order valence-corrected chi connectivity index (χ3v) is 1.50. The molecule has 1 nitrogen and oxygen atoms in total. The highest BCUT2D eigenvalue weighted by Crippen LogP contribution is 1.96. The molecule has 0 aromatic heterocycles. The van der Waals surface area contributed by atoms with E-state index in [1.807, 2.05) is 11.8 Å². The van der Waals surface area contributed by atoms with Gasteiger partial charge in [-0.1, -0.05) is 0 Å². The summed E-state index contributed by atoms with van der Waals surface area (Å²) >= 11 is 1.89. The minimum absolute atomic E-state index is 0.848. The Balaban J connectivity index is 2.45. The predicted molar refractivity (Wildman–Crippen MR) is 36.7 cm³/mol. The van der Waals surface area contributed by atoms with Gasteiger partial charge >= 0.3 is 0 Å². The molecule has 0 amide bonds. The van der Waals surface area contributed by atoms with Crippen molar-refractivity contribution in [2.24, 2.45) is 5.73 Å². The van der Waals surface area contributed by atoms with Crippen LogP contribution < -0.4 is 5.73 Å². The second kappa shape index (κ2) is 6.31. The second-order valence-corrected chi connectivity index (χ2v) is 2.47. The number of unbranched alkanes of at least 4 members (excludes halogenated alkanes) is 1. The molecule has 2 heteroatoms. The highest BCUT2D eigenvalue weighted by atomic mass is 32.2. The molecule has 0 atom stereocenters. The highest BCUT2D eigenvalue weighted by molar-refractivity contribution is 7.98. The van der Waals surface area contributed by atoms with Crippen molar-refractivity contribution >= 4 is 11.8 Å². The SMILES string of the molecule is CSCCCCN. The number of hydrogen-bond acceptors (Lipinski definition) is 2. The molecule has 0 aromatic rings. The van der Waals surface area contributed by atoms with E-state index in [4.69, 9.17) is 5.73 Å². The fourth-order valence-electron chi connectivity index (χ4n) is 0.391. The van der Waals surface area contributed by atoms with Crippen LogP contribution in [0.1, 0.15) is 12.8 Å². The smallest absolute Gasteiger partial charge is 0.00698 e. The number of thioether (sulfide) groups is 1. The van der Waals surface area contributed by atoms with Crippen LogP contribution in [0.4, 0.5) is 0 Å². The first-order valence-corrected chi connectivity index (χ1v) is 4.00. The summed E-state index contributed by atoms with van der Waals surface area (Å²) in [5.74, 6) is 1.26. The Morgan fingerprint density at radius 2 is 2.14 bits per heavy atom. The van der Waals surface area contributed by atoms with E-state index in [1.54, 1.807) is 0 Å². The molecule has 0 fully saturated rings. The molecule has 0 radical (unpaired) electrons. The molecule has 0 rings (SSSR count). The molecular weight excluding hydrogens is 106 g/mol. The first-order valence-electron chi connectivity index (χ1n) is 2.61. The zero-order chi connectivity index (χ0) is 5.54. The molecule has 44 valence electrons. The van der Waals surface area contributed by atoms with E-state index < -0.39 is 0 Å². The van der Waals surface area contributed by atoms with E-state index in [0.29, 0.717) is 0 Å². The molecule has 2 N–H and O–H groups in total. The summed E-state index contributed by atoms with van der Waals surface area (Å²) in [6.07, 6.45) is 4.58. The summed E-state index contributed by atoms with van der Waals surface area (Å²) in [4.78, 5) is 0. The van der Waals surface area contributed by atoms with Crippen LogP contribution in [0.2, 0.25) is 0 Å². The molecule has 0 aliphatic heterocycles. The maximum atomic E-state index is 5.26. The standard InChI is InChI=1S/C5H13NS/c1-7-5-3-2-4-6/h2-6H2,1H3. The van der Waals surface area contributed by atoms with Crippen molar-refractivity contribution in [2.45, 2.75) is 12.8 Å². The van der Waals surface area contributed by atoms with Crippen LogP contribution in [-0.2, 0) is 0 Å². The normalized spacial score (nSPS) is 9.43. The van der Waals surface area contributed by atoms with Gasteiger partial charge in [-0.3, -0.25) is 0 Å². The third kappa shape index (κ3) is 6.31. The topological polar surface area (TPSA) is 26.0 Å². The van der Waals surface area contributed by atoms with Crippen molar-refractivity contribution in [3.63, 3.8) is 0 Å². The Hall–Kier alpha value is 0.310. The third-order valence-electron chi connectivity index (χ3n) is 0.803. The number of rotatable bonds is 4. The highest BCUT2D eigenvalue weighted by Gasteiger charge is 1.80. The minimum Gasteiger partial charge on any atom is -0.330 e. The van der Waals surface area contributed by atoms with E-state index >= 15 is 0 Å². The van der Waals surface area contributed by atoms with Gasteiger partial charge in [-0.15, -0.1) is 0 Å². The summed E-state index contributed by atoms with van der Waals surface area (Å²) in [6.45, 7) is 0.848. The number of nitrogens with two attached hydrogens (primary N) is 1. The first kappa shape index (κ1) is 7.31. The summed E-state index contributed by atoms with van der Waals surface area (Å²) in [5, 5.41) is 0. The molecular formula is C5H13NS. The van der Waals surface area contributed by atoms with Crippen molar-refractivity contribution < 1.29 is 0 Å². The van der Waals surface area contributed by atoms with Crippen LogP contribution in [-0.4, -0.2) is 18.6 Å². The molecule has 0 bridgehead atoms. The molecule has 0 aliphatic rings. The van der Waals surface area contributed by atoms with Crippen molar-refractivity contribution in [1.29, 1.82) is 0 Å². The molecule has 0 saturated heterocycles. The Labute approximate surface area is 49.7 Å². The zero-order valence-electron chi connectivity index (χ0n) is 4.81. The summed E-state index contributed by atoms with van der Waals surface area (Å²) in [5.41, 5.74) is 5.26. The van der Waals surface area contributed by atoms with Crippen LogP contribution in [0.25, 0.3) is 0 Å². The van der Waals surface area contributed by atoms with Gasteiger partial charge in [0.25, 0.3) is 0 Å². The Kier molecular flexibility index (Phi) is 6.59. The maximum Gasteiger partial charge on any atom is -0.00698 e. The summed E-state index contributed by atoms with van der Waals surface area (Å²) in [7, 11) is 0. The van der Waals surface area contributed by atoms with Gasteiger partial charge in [0.2, 0.25) is 0 Å². The predicted octanol–water partition coefficient (Wildman–Crippen LogP) is 1.09. The van der Waals surface area contributed by atoms with Crippen LogP contribution in [0, 0.1) is 0 Å². The zero-order valence-corrected chi connectivity index (χ0v) is 5.63. The van der Waals surface area contributed by atoms with Crippen molar-refractivity contribution in [2.75, 3.05) is 18.6 Å². The lowest BCUT2D eigenvalue weighted by molar-refractivity contribution is 0.815. The largest absolute Gasteiger partial charge is 0.330 e. The Bertz CT molecular complexity index is 27.3. The molecule has 0 heterocycles. The molecule has 0 spiro atoms. The van der Waals surface area contributed by atoms with Crippen LogP contribution in [0.5, 0.6) is 0 Å². The average molecular weight is 119 g/mol. The van der Waals surface area contributed by atoms with Crippen LogP contribution >= 0.6 is 11.8 Å². The lowest BCUT2D eigenvalue weighted by Crippen LogP contribution is -1.98. The van der Waals surface area contributed by atoms with Gasteiger partial charge in [-0.2, -0.15) is 11.8 Å². The fraction of sp³-hybridized carbons (Fsp3) is 1.00. The van der Waals surface area contributed by atoms with Crippen molar-refractivity contribution in [1.82, 2.24) is 0 Å². The van der Waals surface area contributed by atoms with Gasteiger partial charge < -0.3 is 5.73 Å². The quantitative estimate of drug-likeness (QED) is 0.561. The summed E-state index contributed by atoms with van der Waals surface area (Å²) in [6, 6.07) is 0. The van der Waals surface area contributed by atoms with Gasteiger partial charge in [-0.05, 0) is 31.4 Å². The molecule has 0 aromatic carbocycles. The Morgan fingerprint density at radius 3 is 2.57 bits per heavy atom. The van der Waals surface area contributed by atoms with Gasteiger partial charge in [0, 0.05) is 0 Å². The first-order chi connectivity index (χ1) is 3.41. The van der Waals surface area contributed by atoms with Crippen molar-refractivity contribution in [3.05, 3.63) is 0 Å². The lowest BCUT2D eigenvalue weighted by Gasteiger charge is -1.91. The second-order valence-electron chi connectivity index (χ2n) is 1.49. The number of hydrogen-bond donors (Lipinski definition) is 1. The van der Waals surface area contributed by atoms with E-state index in [1.165, 1.54) is 18.6 Å². The average Bonchev–Trinajstić information content (AvgIpc) is 1.69. The molecule has 0 aliphatic carbocycles. The van der Waals surface area contributed by atoms with E-state index in [9.17, 15) is 0 Å². The van der Waals surface area contributed by atoms with Crippen LogP contribution in [0.15, 0.2) is 0 Å². The van der Waals surface area contributed by atoms with Gasteiger partial charge in [0.1, 0.15) is 0 Å². The van der Waals surface area contributed by atoms with Gasteiger partial charge in [0.15, 0.2) is 0 Å². The fourth-order valence-corrected chi connectivity index (χ4v) is 0.884. The van der Waals surface area contributed by atoms with Gasteiger partial charge in [0.05, 0.1) is 0 Å². The van der Waals surface area contributed by atoms with Gasteiger partial charge in [-0.25, -0.2) is 0 Å². The monoisotopic (exact) mass is 119 g/mol. The minimum atomic E-state index is 0.848. The van der Waals surface area contributed by atoms with E-state index in [2.05, 4.69) is 6.26 Å².